The highest BCUT2D eigenvalue weighted by molar-refractivity contribution is 6.74. The van der Waals surface area contributed by atoms with Gasteiger partial charge in [-0.1, -0.05) is 87.5 Å². The summed E-state index contributed by atoms with van der Waals surface area (Å²) in [5.41, 5.74) is 2.47. The van der Waals surface area contributed by atoms with Crippen molar-refractivity contribution in [1.29, 1.82) is 0 Å². The van der Waals surface area contributed by atoms with Gasteiger partial charge in [-0.05, 0) is 35.7 Å². The first-order valence-corrected chi connectivity index (χ1v) is 13.8. The quantitative estimate of drug-likeness (QED) is 0.353. The average Bonchev–Trinajstić information content (AvgIpc) is 2.71. The van der Waals surface area contributed by atoms with E-state index in [9.17, 15) is 5.11 Å². The molecule has 0 aliphatic rings. The standard InChI is InChI=1S/C26H39NO2Si/c1-7-25(28)24(18-19-29-30(5,6)26(2,3)4)27(20-22-14-10-8-11-15-22)21-23-16-12-9-13-17-23/h7-17,24-25,28H,1,18-21H2,2-6H3/t24-,25+/m1/s1. The molecule has 0 aromatic heterocycles. The Morgan fingerprint density at radius 3 is 1.83 bits per heavy atom. The molecule has 0 amide bonds. The molecule has 0 bridgehead atoms. The van der Waals surface area contributed by atoms with Crippen molar-refractivity contribution < 1.29 is 9.53 Å². The van der Waals surface area contributed by atoms with Gasteiger partial charge >= 0.3 is 0 Å². The maximum Gasteiger partial charge on any atom is 0.191 e. The highest BCUT2D eigenvalue weighted by Crippen LogP contribution is 2.36. The summed E-state index contributed by atoms with van der Waals surface area (Å²) in [4.78, 5) is 2.35. The van der Waals surface area contributed by atoms with Crippen LogP contribution in [-0.4, -0.2) is 37.1 Å². The van der Waals surface area contributed by atoms with Gasteiger partial charge in [-0.3, -0.25) is 4.90 Å². The van der Waals surface area contributed by atoms with Crippen LogP contribution in [0.2, 0.25) is 18.1 Å². The zero-order valence-corrected chi connectivity index (χ0v) is 20.3. The maximum atomic E-state index is 10.8. The molecule has 0 saturated heterocycles. The van der Waals surface area contributed by atoms with E-state index in [4.69, 9.17) is 4.43 Å². The van der Waals surface area contributed by atoms with E-state index in [1.165, 1.54) is 11.1 Å². The summed E-state index contributed by atoms with van der Waals surface area (Å²) in [6, 6.07) is 20.8. The third-order valence-corrected chi connectivity index (χ3v) is 10.8. The van der Waals surface area contributed by atoms with E-state index >= 15 is 0 Å². The van der Waals surface area contributed by atoms with Crippen LogP contribution in [0.5, 0.6) is 0 Å². The SMILES string of the molecule is C=C[C@H](O)[C@@H](CCO[Si](C)(C)C(C)(C)C)N(Cc1ccccc1)Cc1ccccc1. The lowest BCUT2D eigenvalue weighted by atomic mass is 10.0. The second-order valence-corrected chi connectivity index (χ2v) is 14.4. The number of nitrogens with zero attached hydrogens (tertiary/aromatic N) is 1. The molecule has 2 aromatic carbocycles. The van der Waals surface area contributed by atoms with Crippen molar-refractivity contribution in [3.8, 4) is 0 Å². The number of hydrogen-bond acceptors (Lipinski definition) is 3. The van der Waals surface area contributed by atoms with Crippen LogP contribution in [0, 0.1) is 0 Å². The van der Waals surface area contributed by atoms with Crippen molar-refractivity contribution in [1.82, 2.24) is 4.90 Å². The van der Waals surface area contributed by atoms with Crippen LogP contribution in [0.25, 0.3) is 0 Å². The molecule has 0 unspecified atom stereocenters. The van der Waals surface area contributed by atoms with Gasteiger partial charge in [0.1, 0.15) is 0 Å². The lowest BCUT2D eigenvalue weighted by Crippen LogP contribution is -2.45. The van der Waals surface area contributed by atoms with Crippen LogP contribution in [0.1, 0.15) is 38.3 Å². The fourth-order valence-electron chi connectivity index (χ4n) is 3.30. The number of rotatable bonds is 11. The minimum atomic E-state index is -1.83. The van der Waals surface area contributed by atoms with Gasteiger partial charge in [0.05, 0.1) is 6.10 Å². The monoisotopic (exact) mass is 425 g/mol. The Kier molecular flexibility index (Phi) is 9.04. The van der Waals surface area contributed by atoms with E-state index in [-0.39, 0.29) is 11.1 Å². The maximum absolute atomic E-state index is 10.8. The molecule has 0 radical (unpaired) electrons. The fourth-order valence-corrected chi connectivity index (χ4v) is 4.37. The van der Waals surface area contributed by atoms with Gasteiger partial charge in [0.25, 0.3) is 0 Å². The summed E-state index contributed by atoms with van der Waals surface area (Å²) in [6.07, 6.45) is 1.81. The second kappa shape index (κ2) is 11.1. The molecular formula is C26H39NO2Si. The van der Waals surface area contributed by atoms with Crippen LogP contribution in [0.3, 0.4) is 0 Å². The molecule has 2 atom stereocenters. The Morgan fingerprint density at radius 1 is 0.967 bits per heavy atom. The first kappa shape index (κ1) is 24.5. The van der Waals surface area contributed by atoms with Crippen LogP contribution in [0.15, 0.2) is 73.3 Å². The lowest BCUT2D eigenvalue weighted by Gasteiger charge is -2.38. The second-order valence-electron chi connectivity index (χ2n) is 9.57. The van der Waals surface area contributed by atoms with Gasteiger partial charge in [0.15, 0.2) is 8.32 Å². The molecule has 0 spiro atoms. The van der Waals surface area contributed by atoms with E-state index in [2.05, 4.69) is 93.9 Å². The molecule has 2 aromatic rings. The molecule has 164 valence electrons. The zero-order chi connectivity index (χ0) is 22.2. The third kappa shape index (κ3) is 7.20. The number of aliphatic hydroxyl groups is 1. The van der Waals surface area contributed by atoms with Crippen molar-refractivity contribution in [3.05, 3.63) is 84.4 Å². The molecule has 0 aliphatic carbocycles. The predicted octanol–water partition coefficient (Wildman–Crippen LogP) is 6.02. The summed E-state index contributed by atoms with van der Waals surface area (Å²) in [6.45, 7) is 17.4. The van der Waals surface area contributed by atoms with Gasteiger partial charge in [-0.15, -0.1) is 6.58 Å². The Labute approximate surface area is 184 Å². The van der Waals surface area contributed by atoms with Crippen LogP contribution in [0.4, 0.5) is 0 Å². The number of benzene rings is 2. The first-order chi connectivity index (χ1) is 14.1. The van der Waals surface area contributed by atoms with E-state index in [0.717, 1.165) is 19.5 Å². The molecule has 0 heterocycles. The summed E-state index contributed by atoms with van der Waals surface area (Å²) < 4.78 is 6.44. The van der Waals surface area contributed by atoms with Gasteiger partial charge < -0.3 is 9.53 Å². The Bertz CT molecular complexity index is 714. The average molecular weight is 426 g/mol. The summed E-state index contributed by atoms with van der Waals surface area (Å²) in [7, 11) is -1.83. The molecule has 2 rings (SSSR count). The van der Waals surface area contributed by atoms with Crippen molar-refractivity contribution in [2.75, 3.05) is 6.61 Å². The fraction of sp³-hybridized carbons (Fsp3) is 0.462. The predicted molar refractivity (Wildman–Crippen MR) is 130 cm³/mol. The summed E-state index contributed by atoms with van der Waals surface area (Å²) in [5, 5.41) is 11.0. The molecular weight excluding hydrogens is 386 g/mol. The molecule has 3 nitrogen and oxygen atoms in total. The van der Waals surface area contributed by atoms with Gasteiger partial charge in [0.2, 0.25) is 0 Å². The Balaban J connectivity index is 2.20. The zero-order valence-electron chi connectivity index (χ0n) is 19.3. The highest BCUT2D eigenvalue weighted by atomic mass is 28.4. The number of hydrogen-bond donors (Lipinski definition) is 1. The highest BCUT2D eigenvalue weighted by Gasteiger charge is 2.37. The first-order valence-electron chi connectivity index (χ1n) is 10.9. The van der Waals surface area contributed by atoms with E-state index in [0.29, 0.717) is 6.61 Å². The summed E-state index contributed by atoms with van der Waals surface area (Å²) in [5.74, 6) is 0. The van der Waals surface area contributed by atoms with Crippen molar-refractivity contribution in [3.63, 3.8) is 0 Å². The minimum absolute atomic E-state index is 0.0623. The van der Waals surface area contributed by atoms with Crippen LogP contribution >= 0.6 is 0 Å². The van der Waals surface area contributed by atoms with Gasteiger partial charge in [-0.25, -0.2) is 0 Å². The molecule has 0 aliphatic heterocycles. The van der Waals surface area contributed by atoms with E-state index in [1.54, 1.807) is 6.08 Å². The Morgan fingerprint density at radius 2 is 1.43 bits per heavy atom. The molecule has 30 heavy (non-hydrogen) atoms. The Hall–Kier alpha value is -1.72. The van der Waals surface area contributed by atoms with Crippen LogP contribution in [-0.2, 0) is 17.5 Å². The normalized spacial score (nSPS) is 14.5. The minimum Gasteiger partial charge on any atom is -0.417 e. The summed E-state index contributed by atoms with van der Waals surface area (Å²) >= 11 is 0. The third-order valence-electron chi connectivity index (χ3n) is 6.24. The largest absolute Gasteiger partial charge is 0.417 e. The van der Waals surface area contributed by atoms with Gasteiger partial charge in [-0.2, -0.15) is 0 Å². The van der Waals surface area contributed by atoms with Crippen molar-refractivity contribution in [2.24, 2.45) is 0 Å². The van der Waals surface area contributed by atoms with E-state index in [1.807, 2.05) is 12.1 Å². The molecule has 0 fully saturated rings. The molecule has 0 saturated carbocycles. The van der Waals surface area contributed by atoms with Crippen molar-refractivity contribution in [2.45, 2.75) is 70.6 Å². The van der Waals surface area contributed by atoms with Crippen molar-refractivity contribution >= 4 is 8.32 Å². The lowest BCUT2D eigenvalue weighted by molar-refractivity contribution is 0.0517. The van der Waals surface area contributed by atoms with Gasteiger partial charge in [0, 0.05) is 25.7 Å². The van der Waals surface area contributed by atoms with Crippen LogP contribution < -0.4 is 0 Å². The smallest absolute Gasteiger partial charge is 0.191 e. The number of aliphatic hydroxyl groups excluding tert-OH is 1. The molecule has 4 heteroatoms. The van der Waals surface area contributed by atoms with E-state index < -0.39 is 14.4 Å². The topological polar surface area (TPSA) is 32.7 Å². The molecule has 1 N–H and O–H groups in total.